The largest absolute Gasteiger partial charge is 0.443 e. The topological polar surface area (TPSA) is 29.5 Å². The minimum absolute atomic E-state index is 0.206. The molecule has 0 saturated carbocycles. The van der Waals surface area contributed by atoms with Crippen molar-refractivity contribution in [3.8, 4) is 0 Å². The molecule has 1 saturated heterocycles. The molecule has 0 bridgehead atoms. The summed E-state index contributed by atoms with van der Waals surface area (Å²) in [4.78, 5) is 13.0. The molecule has 1 heterocycles. The lowest BCUT2D eigenvalue weighted by molar-refractivity contribution is 0.151. The molecule has 1 aliphatic heterocycles. The average molecular weight is 291 g/mol. The van der Waals surface area contributed by atoms with Gasteiger partial charge in [0.2, 0.25) is 0 Å². The Bertz CT molecular complexity index is 368. The van der Waals surface area contributed by atoms with Gasteiger partial charge in [0.25, 0.3) is 0 Å². The number of ether oxygens (including phenoxy) is 1. The molecule has 80 valence electrons. The van der Waals surface area contributed by atoms with Crippen LogP contribution in [0.3, 0.4) is 0 Å². The van der Waals surface area contributed by atoms with Crippen LogP contribution >= 0.6 is 27.5 Å². The first kappa shape index (κ1) is 10.8. The molecule has 1 aromatic carbocycles. The zero-order valence-corrected chi connectivity index (χ0v) is 10.2. The van der Waals surface area contributed by atoms with E-state index in [9.17, 15) is 4.79 Å². The third kappa shape index (κ3) is 2.26. The Morgan fingerprint density at radius 2 is 2.13 bits per heavy atom. The number of cyclic esters (lactones) is 1. The van der Waals surface area contributed by atoms with Gasteiger partial charge in [0.15, 0.2) is 0 Å². The van der Waals surface area contributed by atoms with E-state index in [2.05, 4.69) is 15.9 Å². The van der Waals surface area contributed by atoms with E-state index >= 15 is 0 Å². The molecule has 0 N–H and O–H groups in total. The molecule has 0 aliphatic carbocycles. The predicted molar refractivity (Wildman–Crippen MR) is 62.5 cm³/mol. The number of anilines is 1. The van der Waals surface area contributed by atoms with Crippen LogP contribution in [0.1, 0.15) is 0 Å². The van der Waals surface area contributed by atoms with Gasteiger partial charge in [0, 0.05) is 10.2 Å². The maximum absolute atomic E-state index is 11.5. The summed E-state index contributed by atoms with van der Waals surface area (Å²) in [6.45, 7) is 0.518. The van der Waals surface area contributed by atoms with Crippen molar-refractivity contribution in [2.24, 2.45) is 0 Å². The van der Waals surface area contributed by atoms with Crippen LogP contribution in [0.5, 0.6) is 0 Å². The van der Waals surface area contributed by atoms with Crippen molar-refractivity contribution in [1.82, 2.24) is 0 Å². The molecule has 0 aromatic heterocycles. The van der Waals surface area contributed by atoms with Crippen molar-refractivity contribution in [3.05, 3.63) is 28.7 Å². The predicted octanol–water partition coefficient (Wildman–Crippen LogP) is 3.01. The van der Waals surface area contributed by atoms with Gasteiger partial charge in [-0.25, -0.2) is 4.79 Å². The smallest absolute Gasteiger partial charge is 0.414 e. The maximum Gasteiger partial charge on any atom is 0.414 e. The number of hydrogen-bond donors (Lipinski definition) is 0. The Morgan fingerprint density at radius 1 is 1.47 bits per heavy atom. The van der Waals surface area contributed by atoms with Crippen LogP contribution in [0.15, 0.2) is 28.7 Å². The number of benzene rings is 1. The molecular weight excluding hydrogens is 281 g/mol. The van der Waals surface area contributed by atoms with Crippen LogP contribution < -0.4 is 4.90 Å². The Kier molecular flexibility index (Phi) is 3.17. The molecule has 5 heteroatoms. The van der Waals surface area contributed by atoms with Crippen LogP contribution in [0.25, 0.3) is 0 Å². The first-order valence-corrected chi connectivity index (χ1v) is 5.83. The van der Waals surface area contributed by atoms with Crippen LogP contribution in [0.4, 0.5) is 10.5 Å². The highest BCUT2D eigenvalue weighted by atomic mass is 79.9. The second kappa shape index (κ2) is 4.41. The fourth-order valence-electron chi connectivity index (χ4n) is 1.43. The molecule has 0 radical (unpaired) electrons. The van der Waals surface area contributed by atoms with E-state index in [0.29, 0.717) is 12.4 Å². The van der Waals surface area contributed by atoms with Crippen molar-refractivity contribution >= 4 is 39.3 Å². The lowest BCUT2D eigenvalue weighted by atomic mass is 10.3. The van der Waals surface area contributed by atoms with Crippen molar-refractivity contribution < 1.29 is 9.53 Å². The van der Waals surface area contributed by atoms with Crippen LogP contribution in [0.2, 0.25) is 0 Å². The standard InChI is InChI=1S/C10H9BrClNO2/c11-7-1-3-8(4-2-7)13-6-9(5-12)15-10(13)14/h1-4,9H,5-6H2. The van der Waals surface area contributed by atoms with Gasteiger partial charge in [-0.15, -0.1) is 11.6 Å². The van der Waals surface area contributed by atoms with E-state index < -0.39 is 0 Å². The molecule has 1 atom stereocenters. The molecule has 1 aromatic rings. The summed E-state index contributed by atoms with van der Waals surface area (Å²) in [5.74, 6) is 0.332. The Labute approximate surface area is 101 Å². The van der Waals surface area contributed by atoms with E-state index in [-0.39, 0.29) is 12.2 Å². The molecule has 2 rings (SSSR count). The van der Waals surface area contributed by atoms with Crippen molar-refractivity contribution in [2.75, 3.05) is 17.3 Å². The average Bonchev–Trinajstić information content (AvgIpc) is 2.61. The normalized spacial score (nSPS) is 20.5. The van der Waals surface area contributed by atoms with Crippen LogP contribution in [-0.4, -0.2) is 24.6 Å². The summed E-state index contributed by atoms with van der Waals surface area (Å²) < 4.78 is 6.03. The number of rotatable bonds is 2. The first-order valence-electron chi connectivity index (χ1n) is 4.50. The minimum atomic E-state index is -0.331. The van der Waals surface area contributed by atoms with Gasteiger partial charge in [-0.2, -0.15) is 0 Å². The van der Waals surface area contributed by atoms with Crippen molar-refractivity contribution in [1.29, 1.82) is 0 Å². The van der Waals surface area contributed by atoms with E-state index in [4.69, 9.17) is 16.3 Å². The highest BCUT2D eigenvalue weighted by molar-refractivity contribution is 9.10. The summed E-state index contributed by atoms with van der Waals surface area (Å²) in [6, 6.07) is 7.50. The second-order valence-electron chi connectivity index (χ2n) is 3.25. The lowest BCUT2D eigenvalue weighted by Crippen LogP contribution is -2.24. The van der Waals surface area contributed by atoms with Crippen molar-refractivity contribution in [3.63, 3.8) is 0 Å². The number of nitrogens with zero attached hydrogens (tertiary/aromatic N) is 1. The van der Waals surface area contributed by atoms with E-state index in [1.165, 1.54) is 0 Å². The number of alkyl halides is 1. The van der Waals surface area contributed by atoms with Gasteiger partial charge in [-0.05, 0) is 24.3 Å². The van der Waals surface area contributed by atoms with Gasteiger partial charge in [-0.1, -0.05) is 15.9 Å². The lowest BCUT2D eigenvalue weighted by Gasteiger charge is -2.12. The monoisotopic (exact) mass is 289 g/mol. The molecule has 15 heavy (non-hydrogen) atoms. The fraction of sp³-hybridized carbons (Fsp3) is 0.300. The van der Waals surface area contributed by atoms with Gasteiger partial charge in [0.1, 0.15) is 6.10 Å². The third-order valence-electron chi connectivity index (χ3n) is 2.18. The summed E-state index contributed by atoms with van der Waals surface area (Å²) in [7, 11) is 0. The number of amides is 1. The fourth-order valence-corrected chi connectivity index (χ4v) is 1.86. The summed E-state index contributed by atoms with van der Waals surface area (Å²) in [5.41, 5.74) is 0.829. The molecular formula is C10H9BrClNO2. The Hall–Kier alpha value is -0.740. The highest BCUT2D eigenvalue weighted by Gasteiger charge is 2.31. The third-order valence-corrected chi connectivity index (χ3v) is 3.06. The minimum Gasteiger partial charge on any atom is -0.443 e. The van der Waals surface area contributed by atoms with Gasteiger partial charge in [0.05, 0.1) is 12.4 Å². The molecule has 1 unspecified atom stereocenters. The zero-order chi connectivity index (χ0) is 10.8. The van der Waals surface area contributed by atoms with Gasteiger partial charge >= 0.3 is 6.09 Å². The molecule has 1 fully saturated rings. The van der Waals surface area contributed by atoms with E-state index in [1.807, 2.05) is 24.3 Å². The van der Waals surface area contributed by atoms with Crippen LogP contribution in [0, 0.1) is 0 Å². The summed E-state index contributed by atoms with van der Waals surface area (Å²) >= 11 is 8.98. The van der Waals surface area contributed by atoms with Gasteiger partial charge < -0.3 is 4.74 Å². The molecule has 3 nitrogen and oxygen atoms in total. The summed E-state index contributed by atoms with van der Waals surface area (Å²) in [6.07, 6.45) is -0.536. The number of hydrogen-bond acceptors (Lipinski definition) is 2. The number of carbonyl (C=O) groups excluding carboxylic acids is 1. The molecule has 1 amide bonds. The van der Waals surface area contributed by atoms with E-state index in [0.717, 1.165) is 10.2 Å². The zero-order valence-electron chi connectivity index (χ0n) is 7.82. The van der Waals surface area contributed by atoms with E-state index in [1.54, 1.807) is 4.90 Å². The van der Waals surface area contributed by atoms with Gasteiger partial charge in [-0.3, -0.25) is 4.90 Å². The molecule has 1 aliphatic rings. The van der Waals surface area contributed by atoms with Crippen molar-refractivity contribution in [2.45, 2.75) is 6.10 Å². The second-order valence-corrected chi connectivity index (χ2v) is 4.47. The quantitative estimate of drug-likeness (QED) is 0.784. The molecule has 0 spiro atoms. The maximum atomic E-state index is 11.5. The van der Waals surface area contributed by atoms with Crippen LogP contribution in [-0.2, 0) is 4.74 Å². The summed E-state index contributed by atoms with van der Waals surface area (Å²) in [5, 5.41) is 0. The number of halogens is 2. The Morgan fingerprint density at radius 3 is 2.67 bits per heavy atom. The SMILES string of the molecule is O=C1OC(CCl)CN1c1ccc(Br)cc1. The highest BCUT2D eigenvalue weighted by Crippen LogP contribution is 2.23. The first-order chi connectivity index (χ1) is 7.20. The Balaban J connectivity index is 2.18. The number of carbonyl (C=O) groups is 1.